The van der Waals surface area contributed by atoms with Gasteiger partial charge in [-0.1, -0.05) is 36.4 Å². The van der Waals surface area contributed by atoms with Gasteiger partial charge in [0.25, 0.3) is 11.1 Å². The van der Waals surface area contributed by atoms with Crippen molar-refractivity contribution in [2.45, 2.75) is 50.4 Å². The monoisotopic (exact) mass is 473 g/mol. The number of carbonyl (C=O) groups excluding carboxylic acids is 2. The highest BCUT2D eigenvalue weighted by atomic mass is 32.2. The highest BCUT2D eigenvalue weighted by molar-refractivity contribution is 8.18. The van der Waals surface area contributed by atoms with E-state index >= 15 is 0 Å². The zero-order valence-corrected chi connectivity index (χ0v) is 20.5. The number of rotatable bonds is 6. The van der Waals surface area contributed by atoms with Crippen LogP contribution in [0.2, 0.25) is 0 Å². The molecule has 4 nitrogen and oxygen atoms in total. The van der Waals surface area contributed by atoms with Crippen LogP contribution in [0, 0.1) is 17.8 Å². The molecule has 7 rings (SSSR count). The number of ether oxygens (including phenoxy) is 1. The predicted molar refractivity (Wildman–Crippen MR) is 136 cm³/mol. The van der Waals surface area contributed by atoms with Gasteiger partial charge in [0.15, 0.2) is 0 Å². The maximum atomic E-state index is 13.1. The van der Waals surface area contributed by atoms with E-state index in [9.17, 15) is 9.59 Å². The van der Waals surface area contributed by atoms with Crippen molar-refractivity contribution in [3.63, 3.8) is 0 Å². The van der Waals surface area contributed by atoms with Crippen molar-refractivity contribution >= 4 is 29.0 Å². The molecule has 1 heterocycles. The first-order valence-corrected chi connectivity index (χ1v) is 13.3. The lowest BCUT2D eigenvalue weighted by Gasteiger charge is -2.57. The van der Waals surface area contributed by atoms with E-state index in [1.54, 1.807) is 7.11 Å². The summed E-state index contributed by atoms with van der Waals surface area (Å²) in [6.07, 6.45) is 10.7. The highest BCUT2D eigenvalue weighted by Gasteiger charge is 2.51. The molecular weight excluding hydrogens is 442 g/mol. The van der Waals surface area contributed by atoms with E-state index in [1.165, 1.54) is 49.0 Å². The Balaban J connectivity index is 1.26. The van der Waals surface area contributed by atoms with E-state index in [0.717, 1.165) is 46.4 Å². The third-order valence-electron chi connectivity index (χ3n) is 8.51. The second-order valence-corrected chi connectivity index (χ2v) is 11.7. The first-order chi connectivity index (χ1) is 16.5. The molecule has 2 aromatic carbocycles. The molecule has 4 aliphatic carbocycles. The van der Waals surface area contributed by atoms with Gasteiger partial charge in [0, 0.05) is 12.1 Å². The fraction of sp³-hybridized carbons (Fsp3) is 0.448. The Kier molecular flexibility index (Phi) is 5.56. The molecule has 0 spiro atoms. The Morgan fingerprint density at radius 1 is 1.00 bits per heavy atom. The average molecular weight is 474 g/mol. The molecule has 2 amide bonds. The molecule has 34 heavy (non-hydrogen) atoms. The Bertz CT molecular complexity index is 1120. The number of hydrogen-bond acceptors (Lipinski definition) is 4. The summed E-state index contributed by atoms with van der Waals surface area (Å²) in [5.41, 5.74) is 3.69. The van der Waals surface area contributed by atoms with E-state index in [0.29, 0.717) is 17.9 Å². The van der Waals surface area contributed by atoms with E-state index < -0.39 is 0 Å². The molecular formula is C29H31NO3S. The molecule has 0 atom stereocenters. The van der Waals surface area contributed by atoms with E-state index in [2.05, 4.69) is 18.2 Å². The highest BCUT2D eigenvalue weighted by Crippen LogP contribution is 2.61. The summed E-state index contributed by atoms with van der Waals surface area (Å²) in [4.78, 5) is 27.6. The molecule has 0 unspecified atom stereocenters. The molecule has 176 valence electrons. The first-order valence-electron chi connectivity index (χ1n) is 12.5. The van der Waals surface area contributed by atoms with Gasteiger partial charge < -0.3 is 4.74 Å². The van der Waals surface area contributed by atoms with E-state index in [4.69, 9.17) is 4.74 Å². The number of imide groups is 1. The molecule has 1 aliphatic heterocycles. The molecule has 5 heteroatoms. The SMILES string of the molecule is COc1ccc(C23CC4CC(CC(C4)C2)C3)cc1/C=C1/SC(=O)N(CCc2ccccc2)C1=O. The van der Waals surface area contributed by atoms with Crippen molar-refractivity contribution in [3.05, 3.63) is 70.1 Å². The first kappa shape index (κ1) is 22.0. The Labute approximate surface area is 205 Å². The Morgan fingerprint density at radius 3 is 2.32 bits per heavy atom. The molecule has 1 saturated heterocycles. The maximum absolute atomic E-state index is 13.1. The summed E-state index contributed by atoms with van der Waals surface area (Å²) in [5.74, 6) is 3.17. The number of amides is 2. The van der Waals surface area contributed by atoms with Gasteiger partial charge in [-0.3, -0.25) is 14.5 Å². The maximum Gasteiger partial charge on any atom is 0.293 e. The van der Waals surface area contributed by atoms with Gasteiger partial charge in [0.1, 0.15) is 5.75 Å². The van der Waals surface area contributed by atoms with Gasteiger partial charge in [0.2, 0.25) is 0 Å². The van der Waals surface area contributed by atoms with Crippen molar-refractivity contribution in [1.29, 1.82) is 0 Å². The summed E-state index contributed by atoms with van der Waals surface area (Å²) in [5, 5.41) is -0.191. The predicted octanol–water partition coefficient (Wildman–Crippen LogP) is 6.44. The number of benzene rings is 2. The average Bonchev–Trinajstić information content (AvgIpc) is 3.09. The van der Waals surface area contributed by atoms with Crippen LogP contribution < -0.4 is 4.74 Å². The van der Waals surface area contributed by atoms with Gasteiger partial charge >= 0.3 is 0 Å². The number of nitrogens with zero attached hydrogens (tertiary/aromatic N) is 1. The second kappa shape index (κ2) is 8.60. The zero-order valence-electron chi connectivity index (χ0n) is 19.7. The van der Waals surface area contributed by atoms with Crippen molar-refractivity contribution in [2.24, 2.45) is 17.8 Å². The van der Waals surface area contributed by atoms with Crippen LogP contribution in [0.5, 0.6) is 5.75 Å². The van der Waals surface area contributed by atoms with Gasteiger partial charge in [-0.05, 0) is 109 Å². The number of thioether (sulfide) groups is 1. The third-order valence-corrected chi connectivity index (χ3v) is 9.41. The van der Waals surface area contributed by atoms with Crippen molar-refractivity contribution in [2.75, 3.05) is 13.7 Å². The lowest BCUT2D eigenvalue weighted by atomic mass is 9.48. The van der Waals surface area contributed by atoms with Crippen LogP contribution in [-0.2, 0) is 16.6 Å². The lowest BCUT2D eigenvalue weighted by molar-refractivity contribution is -0.122. The summed E-state index contributed by atoms with van der Waals surface area (Å²) >= 11 is 1.04. The molecule has 4 bridgehead atoms. The van der Waals surface area contributed by atoms with Crippen LogP contribution in [0.3, 0.4) is 0 Å². The van der Waals surface area contributed by atoms with Crippen molar-refractivity contribution in [1.82, 2.24) is 4.90 Å². The zero-order chi connectivity index (χ0) is 23.3. The largest absolute Gasteiger partial charge is 0.496 e. The number of methoxy groups -OCH3 is 1. The quantitative estimate of drug-likeness (QED) is 0.453. The van der Waals surface area contributed by atoms with Crippen LogP contribution >= 0.6 is 11.8 Å². The van der Waals surface area contributed by atoms with Crippen molar-refractivity contribution in [3.8, 4) is 5.75 Å². The van der Waals surface area contributed by atoms with Gasteiger partial charge in [-0.15, -0.1) is 0 Å². The molecule has 0 aromatic heterocycles. The fourth-order valence-corrected chi connectivity index (χ4v) is 8.22. The molecule has 4 saturated carbocycles. The summed E-state index contributed by atoms with van der Waals surface area (Å²) in [6.45, 7) is 0.399. The number of carbonyl (C=O) groups is 2. The molecule has 5 fully saturated rings. The van der Waals surface area contributed by atoms with Gasteiger partial charge in [-0.25, -0.2) is 0 Å². The summed E-state index contributed by atoms with van der Waals surface area (Å²) in [6, 6.07) is 16.5. The lowest BCUT2D eigenvalue weighted by Crippen LogP contribution is -2.48. The minimum atomic E-state index is -0.201. The minimum Gasteiger partial charge on any atom is -0.496 e. The molecule has 2 aromatic rings. The number of hydrogen-bond donors (Lipinski definition) is 0. The van der Waals surface area contributed by atoms with Crippen LogP contribution in [-0.4, -0.2) is 29.7 Å². The molecule has 5 aliphatic rings. The third kappa shape index (κ3) is 3.88. The second-order valence-electron chi connectivity index (χ2n) is 10.7. The van der Waals surface area contributed by atoms with E-state index in [1.807, 2.05) is 36.4 Å². The molecule has 0 radical (unpaired) electrons. The summed E-state index contributed by atoms with van der Waals surface area (Å²) < 4.78 is 5.66. The fourth-order valence-electron chi connectivity index (χ4n) is 7.36. The smallest absolute Gasteiger partial charge is 0.293 e. The van der Waals surface area contributed by atoms with Crippen LogP contribution in [0.4, 0.5) is 4.79 Å². The standard InChI is InChI=1S/C29H31NO3S/c1-33-25-8-7-24(29-16-20-11-21(17-29)13-22(12-20)18-29)14-23(25)15-26-27(31)30(28(32)34-26)10-9-19-5-3-2-4-6-19/h2-8,14-15,20-22H,9-13,16-18H2,1H3/b26-15+. The van der Waals surface area contributed by atoms with Gasteiger partial charge in [-0.2, -0.15) is 0 Å². The molecule has 0 N–H and O–H groups in total. The van der Waals surface area contributed by atoms with Gasteiger partial charge in [0.05, 0.1) is 12.0 Å². The van der Waals surface area contributed by atoms with Crippen LogP contribution in [0.15, 0.2) is 53.4 Å². The minimum absolute atomic E-state index is 0.191. The Morgan fingerprint density at radius 2 is 1.68 bits per heavy atom. The van der Waals surface area contributed by atoms with Crippen LogP contribution in [0.25, 0.3) is 6.08 Å². The topological polar surface area (TPSA) is 46.6 Å². The normalized spacial score (nSPS) is 31.0. The van der Waals surface area contributed by atoms with Crippen molar-refractivity contribution < 1.29 is 14.3 Å². The summed E-state index contributed by atoms with van der Waals surface area (Å²) in [7, 11) is 1.67. The van der Waals surface area contributed by atoms with Crippen LogP contribution in [0.1, 0.15) is 55.2 Å². The van der Waals surface area contributed by atoms with E-state index in [-0.39, 0.29) is 16.6 Å². The Hall–Kier alpha value is -2.53.